The zero-order valence-electron chi connectivity index (χ0n) is 36.0. The quantitative estimate of drug-likeness (QED) is 0.0678. The number of Topliss-reactive ketones (excluding diaryl/α,β-unsaturated/α-hetero) is 1. The SMILES string of the molecule is CC(=O)CC[C@@H](CSC(c1ccccc1)(c1ccccc1)c1ccccc1)NC(=O)C(C)(C)[C@H](C[C@H](C)C[C@H](OC(=O)C1CCCC1)C(C)(C)C)OC(=O)OCC(Cl)(Cl)Cl. The molecule has 1 amide bonds. The molecule has 0 aliphatic heterocycles. The minimum atomic E-state index is -1.87. The highest BCUT2D eigenvalue weighted by atomic mass is 35.6. The average Bonchev–Trinajstić information content (AvgIpc) is 3.75. The molecule has 0 aromatic heterocycles. The van der Waals surface area contributed by atoms with Gasteiger partial charge in [0.05, 0.1) is 16.1 Å². The molecule has 4 rings (SSSR count). The molecule has 4 atom stereocenters. The van der Waals surface area contributed by atoms with Crippen LogP contribution < -0.4 is 5.32 Å². The lowest BCUT2D eigenvalue weighted by Gasteiger charge is -2.38. The number of carbonyl (C=O) groups is 4. The van der Waals surface area contributed by atoms with Gasteiger partial charge in [0.15, 0.2) is 0 Å². The van der Waals surface area contributed by atoms with Crippen molar-refractivity contribution < 1.29 is 33.4 Å². The molecule has 1 fully saturated rings. The number of hydrogen-bond donors (Lipinski definition) is 1. The molecule has 0 heterocycles. The molecule has 12 heteroatoms. The molecule has 0 bridgehead atoms. The van der Waals surface area contributed by atoms with Gasteiger partial charge in [-0.1, -0.05) is 166 Å². The summed E-state index contributed by atoms with van der Waals surface area (Å²) >= 11 is 19.3. The third-order valence-corrected chi connectivity index (χ3v) is 13.4. The average molecular weight is 903 g/mol. The standard InChI is InChI=1S/C48H62Cl3NO7S/c1-33(29-40(45(3,4)5)58-42(54)35-19-17-18-20-35)30-41(59-44(56)57-32-47(49,50)51)46(6,7)43(55)52-39(28-27-34(2)53)31-60-48(36-21-11-8-12-22-36,37-23-13-9-14-24-37)38-25-15-10-16-26-38/h8-16,21-26,33,35,39-41H,17-20,27-32H2,1-7H3,(H,52,55)/t33-,39+,40+,41+/m1/s1. The molecule has 8 nitrogen and oxygen atoms in total. The third kappa shape index (κ3) is 14.4. The van der Waals surface area contributed by atoms with Crippen molar-refractivity contribution in [3.8, 4) is 0 Å². The molecule has 0 spiro atoms. The number of alkyl halides is 3. The van der Waals surface area contributed by atoms with Gasteiger partial charge < -0.3 is 24.3 Å². The number of esters is 1. The lowest BCUT2D eigenvalue weighted by atomic mass is 9.77. The van der Waals surface area contributed by atoms with Gasteiger partial charge in [0.1, 0.15) is 24.6 Å². The van der Waals surface area contributed by atoms with E-state index in [9.17, 15) is 19.2 Å². The maximum Gasteiger partial charge on any atom is 0.508 e. The summed E-state index contributed by atoms with van der Waals surface area (Å²) < 4.78 is 14.8. The van der Waals surface area contributed by atoms with Crippen LogP contribution in [-0.2, 0) is 33.3 Å². The van der Waals surface area contributed by atoms with Gasteiger partial charge in [-0.05, 0) is 80.9 Å². The van der Waals surface area contributed by atoms with Crippen molar-refractivity contribution in [2.24, 2.45) is 22.7 Å². The van der Waals surface area contributed by atoms with Crippen molar-refractivity contribution in [1.82, 2.24) is 5.32 Å². The zero-order chi connectivity index (χ0) is 44.1. The Hall–Kier alpha value is -3.24. The molecule has 0 unspecified atom stereocenters. The van der Waals surface area contributed by atoms with Crippen LogP contribution in [0, 0.1) is 22.7 Å². The normalized spacial score (nSPS) is 16.0. The Morgan fingerprint density at radius 2 is 1.23 bits per heavy atom. The maximum atomic E-state index is 14.7. The van der Waals surface area contributed by atoms with E-state index in [-0.39, 0.29) is 47.8 Å². The molecule has 0 saturated heterocycles. The predicted molar refractivity (Wildman–Crippen MR) is 243 cm³/mol. The number of carbonyl (C=O) groups excluding carboxylic acids is 4. The van der Waals surface area contributed by atoms with Crippen LogP contribution >= 0.6 is 46.6 Å². The maximum absolute atomic E-state index is 14.7. The lowest BCUT2D eigenvalue weighted by Crippen LogP contribution is -2.51. The van der Waals surface area contributed by atoms with Crippen LogP contribution in [0.5, 0.6) is 0 Å². The summed E-state index contributed by atoms with van der Waals surface area (Å²) in [5, 5.41) is 3.27. The second kappa shape index (κ2) is 22.2. The second-order valence-electron chi connectivity index (χ2n) is 17.8. The van der Waals surface area contributed by atoms with Crippen LogP contribution in [0.3, 0.4) is 0 Å². The van der Waals surface area contributed by atoms with E-state index in [2.05, 4.69) is 41.7 Å². The van der Waals surface area contributed by atoms with E-state index in [1.54, 1.807) is 32.5 Å². The van der Waals surface area contributed by atoms with E-state index in [0.29, 0.717) is 18.6 Å². The smallest absolute Gasteiger partial charge is 0.462 e. The largest absolute Gasteiger partial charge is 0.508 e. The van der Waals surface area contributed by atoms with Gasteiger partial charge in [0.2, 0.25) is 9.70 Å². The fourth-order valence-electron chi connectivity index (χ4n) is 7.67. The highest BCUT2D eigenvalue weighted by Gasteiger charge is 2.44. The molecule has 1 aliphatic carbocycles. The molecule has 1 saturated carbocycles. The highest BCUT2D eigenvalue weighted by Crippen LogP contribution is 2.49. The van der Waals surface area contributed by atoms with Crippen LogP contribution in [0.15, 0.2) is 91.0 Å². The van der Waals surface area contributed by atoms with Crippen LogP contribution in [0.4, 0.5) is 4.79 Å². The van der Waals surface area contributed by atoms with E-state index < -0.39 is 45.0 Å². The van der Waals surface area contributed by atoms with Gasteiger partial charge in [0.25, 0.3) is 0 Å². The number of thioether (sulfide) groups is 1. The minimum absolute atomic E-state index is 0.00714. The zero-order valence-corrected chi connectivity index (χ0v) is 39.1. The number of halogens is 3. The Morgan fingerprint density at radius 1 is 0.750 bits per heavy atom. The first-order valence-corrected chi connectivity index (χ1v) is 23.1. The van der Waals surface area contributed by atoms with Gasteiger partial charge in [-0.3, -0.25) is 9.59 Å². The van der Waals surface area contributed by atoms with Crippen LogP contribution in [0.25, 0.3) is 0 Å². The summed E-state index contributed by atoms with van der Waals surface area (Å²) in [5.74, 6) is -0.353. The van der Waals surface area contributed by atoms with Crippen LogP contribution in [0.1, 0.15) is 117 Å². The topological polar surface area (TPSA) is 108 Å². The number of ether oxygens (including phenoxy) is 3. The third-order valence-electron chi connectivity index (χ3n) is 11.4. The fourth-order valence-corrected chi connectivity index (χ4v) is 9.44. The number of nitrogens with one attached hydrogen (secondary N) is 1. The number of rotatable bonds is 20. The summed E-state index contributed by atoms with van der Waals surface area (Å²) in [6, 6.07) is 30.4. The molecule has 3 aromatic carbocycles. The van der Waals surface area contributed by atoms with Crippen molar-refractivity contribution in [2.45, 2.75) is 127 Å². The number of hydrogen-bond acceptors (Lipinski definition) is 8. The molecule has 60 heavy (non-hydrogen) atoms. The molecule has 3 aromatic rings. The Balaban J connectivity index is 1.64. The second-order valence-corrected chi connectivity index (χ2v) is 21.6. The van der Waals surface area contributed by atoms with E-state index in [1.165, 1.54) is 0 Å². The molecule has 1 aliphatic rings. The van der Waals surface area contributed by atoms with Gasteiger partial charge in [-0.15, -0.1) is 11.8 Å². The van der Waals surface area contributed by atoms with Gasteiger partial charge in [0, 0.05) is 18.2 Å². The van der Waals surface area contributed by atoms with E-state index in [4.69, 9.17) is 49.0 Å². The van der Waals surface area contributed by atoms with E-state index in [0.717, 1.165) is 42.4 Å². The molecular formula is C48H62Cl3NO7S. The fraction of sp³-hybridized carbons (Fsp3) is 0.542. The Kier molecular flexibility index (Phi) is 18.3. The van der Waals surface area contributed by atoms with Crippen molar-refractivity contribution in [3.05, 3.63) is 108 Å². The number of benzene rings is 3. The van der Waals surface area contributed by atoms with Crippen molar-refractivity contribution in [2.75, 3.05) is 12.4 Å². The summed E-state index contributed by atoms with van der Waals surface area (Å²) in [6.07, 6.45) is 2.57. The van der Waals surface area contributed by atoms with Gasteiger partial charge in [-0.2, -0.15) is 0 Å². The van der Waals surface area contributed by atoms with Gasteiger partial charge >= 0.3 is 12.1 Å². The van der Waals surface area contributed by atoms with Crippen molar-refractivity contribution in [1.29, 1.82) is 0 Å². The van der Waals surface area contributed by atoms with E-state index in [1.807, 2.05) is 82.3 Å². The minimum Gasteiger partial charge on any atom is -0.462 e. The van der Waals surface area contributed by atoms with Crippen molar-refractivity contribution >= 4 is 70.4 Å². The highest BCUT2D eigenvalue weighted by molar-refractivity contribution is 8.00. The monoisotopic (exact) mass is 901 g/mol. The molecule has 0 radical (unpaired) electrons. The molecule has 1 N–H and O–H groups in total. The summed E-state index contributed by atoms with van der Waals surface area (Å²) in [4.78, 5) is 53.5. The first-order valence-electron chi connectivity index (χ1n) is 20.9. The first kappa shape index (κ1) is 49.4. The summed E-state index contributed by atoms with van der Waals surface area (Å²) in [7, 11) is 0. The van der Waals surface area contributed by atoms with Crippen LogP contribution in [-0.4, -0.2) is 58.2 Å². The summed E-state index contributed by atoms with van der Waals surface area (Å²) in [6.45, 7) is 12.5. The first-order chi connectivity index (χ1) is 28.2. The molecule has 328 valence electrons. The van der Waals surface area contributed by atoms with Crippen LogP contribution in [0.2, 0.25) is 0 Å². The lowest BCUT2D eigenvalue weighted by molar-refractivity contribution is -0.161. The van der Waals surface area contributed by atoms with E-state index >= 15 is 0 Å². The molecular weight excluding hydrogens is 841 g/mol. The Bertz CT molecular complexity index is 1730. The van der Waals surface area contributed by atoms with Crippen molar-refractivity contribution in [3.63, 3.8) is 0 Å². The Morgan fingerprint density at radius 3 is 1.68 bits per heavy atom. The predicted octanol–water partition coefficient (Wildman–Crippen LogP) is 12.0. The Labute approximate surface area is 376 Å². The summed E-state index contributed by atoms with van der Waals surface area (Å²) in [5.41, 5.74) is 1.54. The van der Waals surface area contributed by atoms with Gasteiger partial charge in [-0.25, -0.2) is 4.79 Å². The number of ketones is 1. The number of amides is 1.